The van der Waals surface area contributed by atoms with E-state index in [4.69, 9.17) is 16.6 Å². The van der Waals surface area contributed by atoms with Gasteiger partial charge in [0.15, 0.2) is 6.29 Å². The number of hydrogen-bond acceptors (Lipinski definition) is 7. The molecule has 58 heavy (non-hydrogen) atoms. The summed E-state index contributed by atoms with van der Waals surface area (Å²) in [7, 11) is 1.90. The SMILES string of the molecule is C=C.CN=C1N(c2cccc(Cl)c2C=O)c2cc(C3CCN(CC4CCN(c5ccc6c(c5)CN(C5CCC(=O)NC5=O)C6=O)CC4)CC3)ccc2C12CCCCC2. The van der Waals surface area contributed by atoms with Gasteiger partial charge in [-0.25, -0.2) is 0 Å². The highest BCUT2D eigenvalue weighted by atomic mass is 35.5. The third kappa shape index (κ3) is 7.16. The fourth-order valence-corrected chi connectivity index (χ4v) is 11.0. The molecule has 5 heterocycles. The number of carbonyl (C=O) groups excluding carboxylic acids is 4. The number of nitrogens with zero attached hydrogens (tertiary/aromatic N) is 5. The van der Waals surface area contributed by atoms with E-state index in [-0.39, 0.29) is 29.6 Å². The van der Waals surface area contributed by atoms with E-state index in [1.54, 1.807) is 11.0 Å². The second kappa shape index (κ2) is 16.8. The lowest BCUT2D eigenvalue weighted by Crippen LogP contribution is -2.52. The molecule has 9 rings (SSSR count). The van der Waals surface area contributed by atoms with Crippen LogP contribution < -0.4 is 15.1 Å². The van der Waals surface area contributed by atoms with Crippen LogP contribution in [0.15, 0.2) is 72.7 Å². The highest BCUT2D eigenvalue weighted by Gasteiger charge is 2.50. The largest absolute Gasteiger partial charge is 0.372 e. The summed E-state index contributed by atoms with van der Waals surface area (Å²) < 4.78 is 0. The molecule has 3 aromatic rings. The van der Waals surface area contributed by atoms with Crippen LogP contribution in [-0.4, -0.2) is 85.5 Å². The number of hydrogen-bond donors (Lipinski definition) is 1. The average Bonchev–Trinajstić information content (AvgIpc) is 3.71. The van der Waals surface area contributed by atoms with E-state index in [9.17, 15) is 19.2 Å². The summed E-state index contributed by atoms with van der Waals surface area (Å²) in [6, 6.07) is 18.4. The number of nitrogens with one attached hydrogen (secondary N) is 1. The van der Waals surface area contributed by atoms with Gasteiger partial charge in [-0.05, 0) is 123 Å². The quantitative estimate of drug-likeness (QED) is 0.146. The van der Waals surface area contributed by atoms with Crippen LogP contribution in [0.4, 0.5) is 17.1 Å². The summed E-state index contributed by atoms with van der Waals surface area (Å²) >= 11 is 6.60. The second-order valence-electron chi connectivity index (χ2n) is 16.8. The van der Waals surface area contributed by atoms with E-state index in [0.29, 0.717) is 41.0 Å². The van der Waals surface area contributed by atoms with Crippen molar-refractivity contribution in [2.24, 2.45) is 10.9 Å². The minimum Gasteiger partial charge on any atom is -0.372 e. The van der Waals surface area contributed by atoms with Crippen LogP contribution in [-0.2, 0) is 21.5 Å². The Morgan fingerprint density at radius 3 is 2.36 bits per heavy atom. The molecule has 1 saturated carbocycles. The number of benzene rings is 3. The molecule has 3 aromatic carbocycles. The molecule has 3 saturated heterocycles. The van der Waals surface area contributed by atoms with Crippen LogP contribution in [0.3, 0.4) is 0 Å². The molecule has 6 aliphatic rings. The Hall–Kier alpha value is -4.80. The minimum atomic E-state index is -0.592. The average molecular weight is 803 g/mol. The van der Waals surface area contributed by atoms with Crippen molar-refractivity contribution in [3.8, 4) is 0 Å². The number of aldehydes is 1. The van der Waals surface area contributed by atoms with Gasteiger partial charge in [-0.2, -0.15) is 0 Å². The molecular weight excluding hydrogens is 748 g/mol. The van der Waals surface area contributed by atoms with Crippen molar-refractivity contribution in [1.29, 1.82) is 0 Å². The van der Waals surface area contributed by atoms with E-state index in [1.165, 1.54) is 30.4 Å². The first-order chi connectivity index (χ1) is 28.3. The Kier molecular flexibility index (Phi) is 11.6. The van der Waals surface area contributed by atoms with Gasteiger partial charge in [0.25, 0.3) is 5.91 Å². The number of carbonyl (C=O) groups is 4. The van der Waals surface area contributed by atoms with Gasteiger partial charge in [0.2, 0.25) is 11.8 Å². The lowest BCUT2D eigenvalue weighted by Gasteiger charge is -2.38. The predicted octanol–water partition coefficient (Wildman–Crippen LogP) is 8.19. The van der Waals surface area contributed by atoms with E-state index in [0.717, 1.165) is 106 Å². The Morgan fingerprint density at radius 1 is 0.897 bits per heavy atom. The second-order valence-corrected chi connectivity index (χ2v) is 17.2. The number of likely N-dealkylation sites (tertiary alicyclic amines) is 1. The summed E-state index contributed by atoms with van der Waals surface area (Å²) in [4.78, 5) is 63.6. The van der Waals surface area contributed by atoms with Crippen LogP contribution in [0, 0.1) is 5.92 Å². The van der Waals surface area contributed by atoms with Crippen molar-refractivity contribution in [2.75, 3.05) is 49.6 Å². The third-order valence-electron chi connectivity index (χ3n) is 13.8. The number of halogens is 1. The fraction of sp³-hybridized carbons (Fsp3) is 0.468. The van der Waals surface area contributed by atoms with Crippen LogP contribution in [0.25, 0.3) is 0 Å². The molecule has 0 bridgehead atoms. The summed E-state index contributed by atoms with van der Waals surface area (Å²) in [5, 5.41) is 2.86. The van der Waals surface area contributed by atoms with Crippen LogP contribution in [0.2, 0.25) is 5.02 Å². The number of aliphatic imine (C=N–C) groups is 1. The molecule has 11 heteroatoms. The molecule has 1 unspecified atom stereocenters. The molecule has 0 aromatic heterocycles. The zero-order chi connectivity index (χ0) is 40.6. The summed E-state index contributed by atoms with van der Waals surface area (Å²) in [6.07, 6.45) is 11.7. The normalized spacial score (nSPS) is 23.1. The van der Waals surface area contributed by atoms with Gasteiger partial charge in [0.05, 0.1) is 27.4 Å². The molecular formula is C47H55ClN6O4. The smallest absolute Gasteiger partial charge is 0.255 e. The molecule has 1 spiro atoms. The highest BCUT2D eigenvalue weighted by Crippen LogP contribution is 2.54. The van der Waals surface area contributed by atoms with Gasteiger partial charge in [-0.15, -0.1) is 13.2 Å². The zero-order valence-corrected chi connectivity index (χ0v) is 34.4. The van der Waals surface area contributed by atoms with Crippen molar-refractivity contribution in [3.63, 3.8) is 0 Å². The summed E-state index contributed by atoms with van der Waals surface area (Å²) in [5.41, 5.74) is 7.82. The number of rotatable bonds is 7. The number of fused-ring (bicyclic) bond motifs is 3. The van der Waals surface area contributed by atoms with Gasteiger partial charge in [0.1, 0.15) is 11.9 Å². The number of piperidine rings is 3. The molecule has 5 aliphatic heterocycles. The predicted molar refractivity (Wildman–Crippen MR) is 231 cm³/mol. The van der Waals surface area contributed by atoms with Gasteiger partial charge < -0.3 is 14.7 Å². The molecule has 1 N–H and O–H groups in total. The van der Waals surface area contributed by atoms with E-state index in [1.807, 2.05) is 25.2 Å². The lowest BCUT2D eigenvalue weighted by molar-refractivity contribution is -0.136. The number of amidine groups is 1. The first-order valence-electron chi connectivity index (χ1n) is 21.2. The number of anilines is 3. The van der Waals surface area contributed by atoms with E-state index < -0.39 is 6.04 Å². The van der Waals surface area contributed by atoms with Crippen molar-refractivity contribution in [2.45, 2.75) is 94.5 Å². The van der Waals surface area contributed by atoms with E-state index >= 15 is 0 Å². The zero-order valence-electron chi connectivity index (χ0n) is 33.7. The Morgan fingerprint density at radius 2 is 1.66 bits per heavy atom. The third-order valence-corrected chi connectivity index (χ3v) is 14.1. The number of amides is 3. The van der Waals surface area contributed by atoms with Crippen molar-refractivity contribution >= 4 is 58.5 Å². The highest BCUT2D eigenvalue weighted by molar-refractivity contribution is 6.34. The first-order valence-corrected chi connectivity index (χ1v) is 21.6. The van der Waals surface area contributed by atoms with Gasteiger partial charge in [-0.1, -0.05) is 49.1 Å². The van der Waals surface area contributed by atoms with Gasteiger partial charge >= 0.3 is 0 Å². The molecule has 3 amide bonds. The number of imide groups is 1. The first kappa shape index (κ1) is 40.0. The maximum Gasteiger partial charge on any atom is 0.255 e. The van der Waals surface area contributed by atoms with Crippen molar-refractivity contribution < 1.29 is 19.2 Å². The monoisotopic (exact) mass is 802 g/mol. The van der Waals surface area contributed by atoms with Crippen molar-refractivity contribution in [1.82, 2.24) is 15.1 Å². The standard InChI is InChI=1S/C45H51ClN6O4.C2H4/c1-47-44-45(18-3-2-4-19-45)36-11-8-31(25-40(36)52(44)38-7-5-6-37(46)35(38)28-53)30-16-20-49(21-17-30)26-29-14-22-50(23-15-29)33-9-10-34-32(24-33)27-51(43(34)56)39-12-13-41(54)48-42(39)55;1-2/h5-11,24-25,28-30,39H,2-4,12-23,26-27H2,1H3,(H,48,54,55);1-2H2. The maximum atomic E-state index is 13.2. The molecule has 0 radical (unpaired) electrons. The van der Waals surface area contributed by atoms with Gasteiger partial charge in [-0.3, -0.25) is 34.4 Å². The Balaban J connectivity index is 0.00000231. The molecule has 1 aliphatic carbocycles. The van der Waals surface area contributed by atoms with Gasteiger partial charge in [0, 0.05) is 50.9 Å². The molecule has 304 valence electrons. The Bertz CT molecular complexity index is 2110. The Labute approximate surface area is 347 Å². The minimum absolute atomic E-state index is 0.125. The molecule has 1 atom stereocenters. The summed E-state index contributed by atoms with van der Waals surface area (Å²) in [6.45, 7) is 11.7. The van der Waals surface area contributed by atoms with Crippen LogP contribution in [0.5, 0.6) is 0 Å². The van der Waals surface area contributed by atoms with Crippen molar-refractivity contribution in [3.05, 3.63) is 101 Å². The lowest BCUT2D eigenvalue weighted by atomic mass is 9.69. The maximum absolute atomic E-state index is 13.2. The van der Waals surface area contributed by atoms with E-state index in [2.05, 4.69) is 63.5 Å². The topological polar surface area (TPSA) is 106 Å². The molecule has 4 fully saturated rings. The fourth-order valence-electron chi connectivity index (χ4n) is 10.8. The summed E-state index contributed by atoms with van der Waals surface area (Å²) in [5.74, 6) is 1.40. The molecule has 10 nitrogen and oxygen atoms in total. The van der Waals surface area contributed by atoms with Crippen LogP contribution in [0.1, 0.15) is 114 Å². The van der Waals surface area contributed by atoms with Crippen LogP contribution >= 0.6 is 11.6 Å².